The van der Waals surface area contributed by atoms with Crippen LogP contribution in [0.4, 0.5) is 5.69 Å². The Morgan fingerprint density at radius 2 is 2.24 bits per heavy atom. The van der Waals surface area contributed by atoms with Gasteiger partial charge in [0.2, 0.25) is 0 Å². The first-order valence-corrected chi connectivity index (χ1v) is 5.98. The van der Waals surface area contributed by atoms with E-state index in [1.54, 1.807) is 0 Å². The molecule has 2 heterocycles. The van der Waals surface area contributed by atoms with Gasteiger partial charge in [0.25, 0.3) is 0 Å². The van der Waals surface area contributed by atoms with Crippen molar-refractivity contribution in [3.63, 3.8) is 0 Å². The van der Waals surface area contributed by atoms with E-state index in [1.807, 2.05) is 7.05 Å². The van der Waals surface area contributed by atoms with Crippen LogP contribution in [0.25, 0.3) is 10.9 Å². The number of nitrogens with zero attached hydrogens (tertiary/aromatic N) is 1. The van der Waals surface area contributed by atoms with Crippen molar-refractivity contribution < 1.29 is 4.74 Å². The minimum atomic E-state index is 0.669. The summed E-state index contributed by atoms with van der Waals surface area (Å²) in [5, 5.41) is 4.50. The zero-order valence-corrected chi connectivity index (χ0v) is 10.2. The van der Waals surface area contributed by atoms with Gasteiger partial charge in [0.1, 0.15) is 0 Å². The lowest BCUT2D eigenvalue weighted by Gasteiger charge is -2.21. The highest BCUT2D eigenvalue weighted by atomic mass is 16.5. The van der Waals surface area contributed by atoms with E-state index in [4.69, 9.17) is 9.72 Å². The van der Waals surface area contributed by atoms with E-state index in [0.717, 1.165) is 18.5 Å². The second-order valence-corrected chi connectivity index (χ2v) is 4.44. The normalized spacial score (nSPS) is 14.7. The average Bonchev–Trinajstić information content (AvgIpc) is 2.37. The van der Waals surface area contributed by atoms with Crippen LogP contribution in [0.2, 0.25) is 0 Å². The van der Waals surface area contributed by atoms with Gasteiger partial charge in [-0.15, -0.1) is 0 Å². The van der Waals surface area contributed by atoms with E-state index in [9.17, 15) is 0 Å². The van der Waals surface area contributed by atoms with Crippen LogP contribution >= 0.6 is 0 Å². The van der Waals surface area contributed by atoms with Crippen LogP contribution in [0, 0.1) is 6.92 Å². The third kappa shape index (κ3) is 1.58. The van der Waals surface area contributed by atoms with Crippen molar-refractivity contribution in [1.29, 1.82) is 0 Å². The number of aromatic nitrogens is 1. The Morgan fingerprint density at radius 1 is 1.35 bits per heavy atom. The first-order valence-electron chi connectivity index (χ1n) is 5.98. The molecule has 0 saturated heterocycles. The summed E-state index contributed by atoms with van der Waals surface area (Å²) in [6.45, 7) is 3.56. The Bertz CT molecular complexity index is 578. The molecule has 3 heteroatoms. The fourth-order valence-corrected chi connectivity index (χ4v) is 2.51. The van der Waals surface area contributed by atoms with Gasteiger partial charge < -0.3 is 10.1 Å². The number of para-hydroxylation sites is 1. The zero-order valence-electron chi connectivity index (χ0n) is 10.2. The first-order chi connectivity index (χ1) is 8.31. The van der Waals surface area contributed by atoms with Crippen LogP contribution in [-0.2, 0) is 17.8 Å². The molecule has 0 radical (unpaired) electrons. The number of benzene rings is 1. The molecule has 1 N–H and O–H groups in total. The number of rotatable bonds is 1. The minimum Gasteiger partial charge on any atom is -0.387 e. The van der Waals surface area contributed by atoms with Crippen molar-refractivity contribution in [3.8, 4) is 0 Å². The molecule has 1 aliphatic heterocycles. The van der Waals surface area contributed by atoms with Crippen molar-refractivity contribution in [2.24, 2.45) is 0 Å². The molecule has 0 bridgehead atoms. The van der Waals surface area contributed by atoms with Crippen molar-refractivity contribution in [2.45, 2.75) is 20.0 Å². The van der Waals surface area contributed by atoms with Crippen molar-refractivity contribution >= 4 is 16.6 Å². The lowest BCUT2D eigenvalue weighted by atomic mass is 10.0. The summed E-state index contributed by atoms with van der Waals surface area (Å²) >= 11 is 0. The highest BCUT2D eigenvalue weighted by Crippen LogP contribution is 2.32. The summed E-state index contributed by atoms with van der Waals surface area (Å²) in [7, 11) is 1.96. The Kier molecular flexibility index (Phi) is 2.48. The predicted molar refractivity (Wildman–Crippen MR) is 69.4 cm³/mol. The second kappa shape index (κ2) is 4.00. The molecule has 0 amide bonds. The molecule has 0 atom stereocenters. The molecule has 0 saturated carbocycles. The van der Waals surface area contributed by atoms with E-state index >= 15 is 0 Å². The molecule has 3 rings (SSSR count). The molecule has 0 aliphatic carbocycles. The standard InChI is InChI=1S/C14H16N2O/c1-9-4-3-5-10-13(9)16-12-6-7-17-8-11(12)14(10)15-2/h3-5H,6-8H2,1-2H3,(H,15,16). The van der Waals surface area contributed by atoms with Crippen molar-refractivity contribution in [1.82, 2.24) is 4.98 Å². The van der Waals surface area contributed by atoms with Crippen LogP contribution in [0.15, 0.2) is 18.2 Å². The second-order valence-electron chi connectivity index (χ2n) is 4.44. The molecule has 1 aliphatic rings. The molecule has 1 aromatic carbocycles. The average molecular weight is 228 g/mol. The molecule has 17 heavy (non-hydrogen) atoms. The van der Waals surface area contributed by atoms with Crippen LogP contribution in [0.5, 0.6) is 0 Å². The van der Waals surface area contributed by atoms with E-state index in [-0.39, 0.29) is 0 Å². The maximum atomic E-state index is 5.54. The van der Waals surface area contributed by atoms with Crippen LogP contribution in [0.1, 0.15) is 16.8 Å². The van der Waals surface area contributed by atoms with Gasteiger partial charge >= 0.3 is 0 Å². The van der Waals surface area contributed by atoms with Gasteiger partial charge in [-0.2, -0.15) is 0 Å². The molecule has 0 fully saturated rings. The Hall–Kier alpha value is -1.61. The molecule has 0 unspecified atom stereocenters. The van der Waals surface area contributed by atoms with Gasteiger partial charge in [-0.3, -0.25) is 4.98 Å². The molecular formula is C14H16N2O. The fraction of sp³-hybridized carbons (Fsp3) is 0.357. The SMILES string of the molecule is CNc1c2c(nc3c(C)cccc13)CCOC2. The Balaban J connectivity index is 2.39. The third-order valence-corrected chi connectivity index (χ3v) is 3.38. The number of hydrogen-bond acceptors (Lipinski definition) is 3. The Morgan fingerprint density at radius 3 is 3.06 bits per heavy atom. The van der Waals surface area contributed by atoms with Gasteiger partial charge in [0, 0.05) is 24.4 Å². The summed E-state index contributed by atoms with van der Waals surface area (Å²) in [5.74, 6) is 0. The lowest BCUT2D eigenvalue weighted by Crippen LogP contribution is -2.14. The number of anilines is 1. The summed E-state index contributed by atoms with van der Waals surface area (Å²) < 4.78 is 5.54. The topological polar surface area (TPSA) is 34.2 Å². The number of pyridine rings is 1. The number of aryl methyl sites for hydroxylation is 1. The molecule has 2 aromatic rings. The summed E-state index contributed by atoms with van der Waals surface area (Å²) in [4.78, 5) is 4.80. The van der Waals surface area contributed by atoms with Crippen LogP contribution in [0.3, 0.4) is 0 Å². The maximum Gasteiger partial charge on any atom is 0.0755 e. The van der Waals surface area contributed by atoms with Crippen molar-refractivity contribution in [3.05, 3.63) is 35.0 Å². The molecule has 3 nitrogen and oxygen atoms in total. The van der Waals surface area contributed by atoms with Gasteiger partial charge in [0.05, 0.1) is 30.1 Å². The molecule has 88 valence electrons. The van der Waals surface area contributed by atoms with Gasteiger partial charge in [-0.1, -0.05) is 18.2 Å². The van der Waals surface area contributed by atoms with Gasteiger partial charge in [0.15, 0.2) is 0 Å². The first kappa shape index (κ1) is 10.5. The van der Waals surface area contributed by atoms with E-state index < -0.39 is 0 Å². The van der Waals surface area contributed by atoms with Crippen LogP contribution < -0.4 is 5.32 Å². The lowest BCUT2D eigenvalue weighted by molar-refractivity contribution is 0.110. The van der Waals surface area contributed by atoms with E-state index in [0.29, 0.717) is 6.61 Å². The number of ether oxygens (including phenoxy) is 1. The zero-order chi connectivity index (χ0) is 11.8. The summed E-state index contributed by atoms with van der Waals surface area (Å²) in [6, 6.07) is 6.31. The molecule has 1 aromatic heterocycles. The monoisotopic (exact) mass is 228 g/mol. The summed E-state index contributed by atoms with van der Waals surface area (Å²) in [6.07, 6.45) is 0.911. The number of fused-ring (bicyclic) bond motifs is 2. The number of hydrogen-bond donors (Lipinski definition) is 1. The highest BCUT2D eigenvalue weighted by Gasteiger charge is 2.18. The van der Waals surface area contributed by atoms with E-state index in [1.165, 1.54) is 27.9 Å². The van der Waals surface area contributed by atoms with Gasteiger partial charge in [-0.25, -0.2) is 0 Å². The highest BCUT2D eigenvalue weighted by molar-refractivity contribution is 5.95. The Labute approximate surface area is 101 Å². The quantitative estimate of drug-likeness (QED) is 0.814. The summed E-state index contributed by atoms with van der Waals surface area (Å²) in [5.41, 5.74) is 5.92. The number of nitrogens with one attached hydrogen (secondary N) is 1. The molecular weight excluding hydrogens is 212 g/mol. The third-order valence-electron chi connectivity index (χ3n) is 3.38. The largest absolute Gasteiger partial charge is 0.387 e. The fourth-order valence-electron chi connectivity index (χ4n) is 2.51. The van der Waals surface area contributed by atoms with Gasteiger partial charge in [-0.05, 0) is 12.5 Å². The van der Waals surface area contributed by atoms with E-state index in [2.05, 4.69) is 30.4 Å². The molecule has 0 spiro atoms. The van der Waals surface area contributed by atoms with Crippen LogP contribution in [-0.4, -0.2) is 18.6 Å². The minimum absolute atomic E-state index is 0.669. The predicted octanol–water partition coefficient (Wildman–Crippen LogP) is 2.66. The smallest absolute Gasteiger partial charge is 0.0755 e. The van der Waals surface area contributed by atoms with Crippen molar-refractivity contribution in [2.75, 3.05) is 19.0 Å². The maximum absolute atomic E-state index is 5.54.